The molecule has 1 rings (SSSR count). The van der Waals surface area contributed by atoms with Gasteiger partial charge in [0.2, 0.25) is 0 Å². The first-order valence-electron chi connectivity index (χ1n) is 6.62. The molecule has 0 aromatic heterocycles. The summed E-state index contributed by atoms with van der Waals surface area (Å²) in [5, 5.41) is 3.72. The summed E-state index contributed by atoms with van der Waals surface area (Å²) in [6, 6.07) is 0.680. The molecule has 2 nitrogen and oxygen atoms in total. The highest BCUT2D eigenvalue weighted by atomic mass is 15.3. The normalized spacial score (nSPS) is 31.9. The van der Waals surface area contributed by atoms with Gasteiger partial charge in [-0.3, -0.25) is 4.90 Å². The average molecular weight is 224 g/mol. The molecule has 1 heterocycles. The molecule has 1 aliphatic heterocycles. The molecule has 0 aromatic rings. The van der Waals surface area contributed by atoms with Crippen LogP contribution in [0.4, 0.5) is 0 Å². The minimum Gasteiger partial charge on any atom is -0.309 e. The van der Waals surface area contributed by atoms with Gasteiger partial charge in [0.25, 0.3) is 0 Å². The largest absolute Gasteiger partial charge is 0.309 e. The van der Waals surface area contributed by atoms with Crippen LogP contribution in [0.15, 0.2) is 12.7 Å². The highest BCUT2D eigenvalue weighted by Crippen LogP contribution is 2.22. The van der Waals surface area contributed by atoms with Gasteiger partial charge < -0.3 is 5.32 Å². The summed E-state index contributed by atoms with van der Waals surface area (Å²) in [6.07, 6.45) is 4.33. The van der Waals surface area contributed by atoms with Crippen molar-refractivity contribution < 1.29 is 0 Å². The maximum atomic E-state index is 3.83. The molecule has 0 aromatic carbocycles. The second-order valence-electron chi connectivity index (χ2n) is 5.65. The third kappa shape index (κ3) is 3.33. The standard InChI is InChI=1S/C14H28N2/c1-6-8-9-16-11-14(5,7-2)15-10-13(16)12(3)4/h6,12-13,15H,1,7-11H2,2-5H3. The Bertz CT molecular complexity index is 225. The summed E-state index contributed by atoms with van der Waals surface area (Å²) < 4.78 is 0. The van der Waals surface area contributed by atoms with Gasteiger partial charge in [-0.15, -0.1) is 6.58 Å². The van der Waals surface area contributed by atoms with Crippen LogP contribution in [0.1, 0.15) is 40.5 Å². The van der Waals surface area contributed by atoms with E-state index >= 15 is 0 Å². The van der Waals surface area contributed by atoms with Crippen LogP contribution in [0.25, 0.3) is 0 Å². The number of hydrogen-bond acceptors (Lipinski definition) is 2. The van der Waals surface area contributed by atoms with Crippen molar-refractivity contribution in [3.63, 3.8) is 0 Å². The molecule has 1 fully saturated rings. The molecular weight excluding hydrogens is 196 g/mol. The smallest absolute Gasteiger partial charge is 0.0278 e. The van der Waals surface area contributed by atoms with E-state index in [0.717, 1.165) is 25.4 Å². The number of rotatable bonds is 5. The van der Waals surface area contributed by atoms with E-state index in [2.05, 4.69) is 44.5 Å². The lowest BCUT2D eigenvalue weighted by Gasteiger charge is -2.47. The monoisotopic (exact) mass is 224 g/mol. The lowest BCUT2D eigenvalue weighted by molar-refractivity contribution is 0.0619. The maximum absolute atomic E-state index is 3.83. The van der Waals surface area contributed by atoms with E-state index in [1.807, 2.05) is 6.08 Å². The van der Waals surface area contributed by atoms with Gasteiger partial charge in [-0.1, -0.05) is 26.8 Å². The van der Waals surface area contributed by atoms with Crippen LogP contribution in [0.5, 0.6) is 0 Å². The molecule has 2 heteroatoms. The molecule has 0 spiro atoms. The maximum Gasteiger partial charge on any atom is 0.0278 e. The summed E-state index contributed by atoms with van der Waals surface area (Å²) >= 11 is 0. The van der Waals surface area contributed by atoms with Gasteiger partial charge in [-0.05, 0) is 25.7 Å². The van der Waals surface area contributed by atoms with Gasteiger partial charge in [-0.2, -0.15) is 0 Å². The zero-order valence-electron chi connectivity index (χ0n) is 11.4. The number of hydrogen-bond donors (Lipinski definition) is 1. The fraction of sp³-hybridized carbons (Fsp3) is 0.857. The Balaban J connectivity index is 2.65. The highest BCUT2D eigenvalue weighted by Gasteiger charge is 2.35. The SMILES string of the molecule is C=CCCN1CC(C)(CC)NCC1C(C)C. The van der Waals surface area contributed by atoms with Crippen LogP contribution in [0.2, 0.25) is 0 Å². The van der Waals surface area contributed by atoms with Gasteiger partial charge in [0.1, 0.15) is 0 Å². The van der Waals surface area contributed by atoms with Crippen molar-refractivity contribution in [2.45, 2.75) is 52.1 Å². The molecule has 0 amide bonds. The van der Waals surface area contributed by atoms with Crippen molar-refractivity contribution in [3.8, 4) is 0 Å². The topological polar surface area (TPSA) is 15.3 Å². The molecule has 0 saturated carbocycles. The zero-order chi connectivity index (χ0) is 12.2. The van der Waals surface area contributed by atoms with Crippen LogP contribution in [0.3, 0.4) is 0 Å². The van der Waals surface area contributed by atoms with Crippen LogP contribution >= 0.6 is 0 Å². The van der Waals surface area contributed by atoms with Crippen LogP contribution in [-0.4, -0.2) is 36.1 Å². The van der Waals surface area contributed by atoms with E-state index in [1.165, 1.54) is 13.0 Å². The third-order valence-corrected chi connectivity index (χ3v) is 3.93. The van der Waals surface area contributed by atoms with E-state index in [-0.39, 0.29) is 0 Å². The number of nitrogens with zero attached hydrogens (tertiary/aromatic N) is 1. The summed E-state index contributed by atoms with van der Waals surface area (Å²) in [5.41, 5.74) is 0.298. The molecule has 0 radical (unpaired) electrons. The fourth-order valence-corrected chi connectivity index (χ4v) is 2.50. The first-order chi connectivity index (χ1) is 7.52. The van der Waals surface area contributed by atoms with Gasteiger partial charge in [0.05, 0.1) is 0 Å². The van der Waals surface area contributed by atoms with Crippen molar-refractivity contribution in [2.24, 2.45) is 5.92 Å². The Labute approximate surface area is 101 Å². The lowest BCUT2D eigenvalue weighted by atomic mass is 9.90. The Morgan fingerprint density at radius 1 is 1.56 bits per heavy atom. The summed E-state index contributed by atoms with van der Waals surface area (Å²) in [6.45, 7) is 16.5. The quantitative estimate of drug-likeness (QED) is 0.722. The second kappa shape index (κ2) is 5.83. The van der Waals surface area contributed by atoms with Gasteiger partial charge in [0, 0.05) is 31.2 Å². The fourth-order valence-electron chi connectivity index (χ4n) is 2.50. The first-order valence-corrected chi connectivity index (χ1v) is 6.62. The van der Waals surface area contributed by atoms with Crippen LogP contribution in [0, 0.1) is 5.92 Å². The number of piperazine rings is 1. The zero-order valence-corrected chi connectivity index (χ0v) is 11.4. The van der Waals surface area contributed by atoms with Crippen LogP contribution < -0.4 is 5.32 Å². The van der Waals surface area contributed by atoms with Gasteiger partial charge in [0.15, 0.2) is 0 Å². The Kier molecular flexibility index (Phi) is 5.00. The van der Waals surface area contributed by atoms with Crippen molar-refractivity contribution in [2.75, 3.05) is 19.6 Å². The van der Waals surface area contributed by atoms with Gasteiger partial charge >= 0.3 is 0 Å². The molecule has 2 atom stereocenters. The molecule has 0 aliphatic carbocycles. The molecular formula is C14H28N2. The minimum absolute atomic E-state index is 0.298. The molecule has 1 saturated heterocycles. The predicted octanol–water partition coefficient (Wildman–Crippen LogP) is 2.66. The van der Waals surface area contributed by atoms with Gasteiger partial charge in [-0.25, -0.2) is 0 Å². The van der Waals surface area contributed by atoms with Crippen molar-refractivity contribution in [3.05, 3.63) is 12.7 Å². The Morgan fingerprint density at radius 3 is 2.75 bits per heavy atom. The number of nitrogens with one attached hydrogen (secondary N) is 1. The van der Waals surface area contributed by atoms with Crippen molar-refractivity contribution in [1.82, 2.24) is 10.2 Å². The predicted molar refractivity (Wildman–Crippen MR) is 71.7 cm³/mol. The van der Waals surface area contributed by atoms with E-state index < -0.39 is 0 Å². The van der Waals surface area contributed by atoms with E-state index in [9.17, 15) is 0 Å². The van der Waals surface area contributed by atoms with E-state index in [0.29, 0.717) is 11.6 Å². The van der Waals surface area contributed by atoms with Crippen molar-refractivity contribution in [1.29, 1.82) is 0 Å². The molecule has 1 N–H and O–H groups in total. The highest BCUT2D eigenvalue weighted by molar-refractivity contribution is 4.95. The molecule has 2 unspecified atom stereocenters. The summed E-state index contributed by atoms with van der Waals surface area (Å²) in [7, 11) is 0. The Hall–Kier alpha value is -0.340. The van der Waals surface area contributed by atoms with Crippen molar-refractivity contribution >= 4 is 0 Å². The lowest BCUT2D eigenvalue weighted by Crippen LogP contribution is -2.63. The minimum atomic E-state index is 0.298. The third-order valence-electron chi connectivity index (χ3n) is 3.93. The first kappa shape index (κ1) is 13.7. The average Bonchev–Trinajstić information content (AvgIpc) is 2.26. The second-order valence-corrected chi connectivity index (χ2v) is 5.65. The van der Waals surface area contributed by atoms with E-state index in [1.54, 1.807) is 0 Å². The Morgan fingerprint density at radius 2 is 2.25 bits per heavy atom. The summed E-state index contributed by atoms with van der Waals surface area (Å²) in [4.78, 5) is 2.65. The van der Waals surface area contributed by atoms with E-state index in [4.69, 9.17) is 0 Å². The molecule has 16 heavy (non-hydrogen) atoms. The molecule has 1 aliphatic rings. The molecule has 0 bridgehead atoms. The van der Waals surface area contributed by atoms with Crippen LogP contribution in [-0.2, 0) is 0 Å². The molecule has 94 valence electrons. The summed E-state index contributed by atoms with van der Waals surface area (Å²) in [5.74, 6) is 0.721.